The molecule has 2 aromatic heterocycles. The van der Waals surface area contributed by atoms with Crippen LogP contribution >= 0.6 is 0 Å². The van der Waals surface area contributed by atoms with Gasteiger partial charge in [-0.25, -0.2) is 0 Å². The van der Waals surface area contributed by atoms with Crippen LogP contribution in [0.3, 0.4) is 0 Å². The first-order chi connectivity index (χ1) is 16.7. The van der Waals surface area contributed by atoms with E-state index in [9.17, 15) is 0 Å². The van der Waals surface area contributed by atoms with Crippen molar-refractivity contribution in [2.24, 2.45) is 0 Å². The molecule has 0 aliphatic carbocycles. The van der Waals surface area contributed by atoms with Crippen molar-refractivity contribution >= 4 is 11.4 Å². The summed E-state index contributed by atoms with van der Waals surface area (Å²) in [4.78, 5) is 11.3. The first kappa shape index (κ1) is 22.9. The second kappa shape index (κ2) is 9.44. The molecule has 6 rings (SSSR count). The number of benzene rings is 3. The molecule has 0 spiro atoms. The average Bonchev–Trinajstić information content (AvgIpc) is 3.18. The minimum Gasteiger partial charge on any atom is -0.503 e. The Bertz CT molecular complexity index is 1500. The van der Waals surface area contributed by atoms with Gasteiger partial charge < -0.3 is 24.2 Å². The summed E-state index contributed by atoms with van der Waals surface area (Å²) in [7, 11) is 0. The van der Waals surface area contributed by atoms with Gasteiger partial charge in [-0.05, 0) is 42.7 Å². The number of hydrogen-bond donors (Lipinski definition) is 0. The van der Waals surface area contributed by atoms with Gasteiger partial charge in [-0.1, -0.05) is 54.7 Å². The standard InChI is InChI=1S/C29H21N4O.Pt/c1-20-21(2)32-19-33(28-15-4-3-13-26(28)29(32)31-20)23-10-8-12-25(18-23)34-24-11-7-9-22(17-24)27-14-5-6-16-30-27;/h3-16,19H,1-2H3;/q-3;. The van der Waals surface area contributed by atoms with Crippen molar-refractivity contribution in [3.8, 4) is 34.1 Å². The Balaban J connectivity index is 0.00000253. The molecule has 3 aromatic carbocycles. The number of aryl methyl sites for hydroxylation is 1. The van der Waals surface area contributed by atoms with Gasteiger partial charge in [-0.15, -0.1) is 42.0 Å². The van der Waals surface area contributed by atoms with E-state index in [1.165, 1.54) is 0 Å². The Hall–Kier alpha value is -3.82. The number of ether oxygens (including phenoxy) is 1. The number of hydrogen-bond acceptors (Lipinski definition) is 4. The molecule has 1 aliphatic rings. The van der Waals surface area contributed by atoms with Gasteiger partial charge in [-0.2, -0.15) is 6.07 Å². The van der Waals surface area contributed by atoms with E-state index in [2.05, 4.69) is 52.3 Å². The molecule has 0 amide bonds. The van der Waals surface area contributed by atoms with E-state index < -0.39 is 0 Å². The third-order valence-electron chi connectivity index (χ3n) is 5.96. The van der Waals surface area contributed by atoms with E-state index in [1.54, 1.807) is 6.20 Å². The molecule has 0 atom stereocenters. The van der Waals surface area contributed by atoms with Crippen molar-refractivity contribution < 1.29 is 25.8 Å². The molecule has 176 valence electrons. The van der Waals surface area contributed by atoms with E-state index in [1.807, 2.05) is 73.7 Å². The minimum absolute atomic E-state index is 0. The number of imidazole rings is 1. The fourth-order valence-corrected chi connectivity index (χ4v) is 4.13. The average molecular weight is 637 g/mol. The molecule has 3 heterocycles. The van der Waals surface area contributed by atoms with Gasteiger partial charge >= 0.3 is 0 Å². The molecule has 0 unspecified atom stereocenters. The molecule has 35 heavy (non-hydrogen) atoms. The van der Waals surface area contributed by atoms with Crippen molar-refractivity contribution in [2.45, 2.75) is 13.8 Å². The molecule has 0 saturated heterocycles. The zero-order valence-corrected chi connectivity index (χ0v) is 21.4. The van der Waals surface area contributed by atoms with Crippen LogP contribution in [0.1, 0.15) is 11.4 Å². The predicted octanol–water partition coefficient (Wildman–Crippen LogP) is 6.74. The summed E-state index contributed by atoms with van der Waals surface area (Å²) >= 11 is 0. The number of rotatable bonds is 4. The zero-order chi connectivity index (χ0) is 23.1. The molecule has 0 fully saturated rings. The number of fused-ring (bicyclic) bond motifs is 3. The van der Waals surface area contributed by atoms with E-state index in [-0.39, 0.29) is 21.1 Å². The molecular weight excluding hydrogens is 615 g/mol. The zero-order valence-electron chi connectivity index (χ0n) is 19.2. The first-order valence-corrected chi connectivity index (χ1v) is 11.1. The molecule has 0 N–H and O–H groups in total. The summed E-state index contributed by atoms with van der Waals surface area (Å²) in [5, 5.41) is 0. The molecule has 5 nitrogen and oxygen atoms in total. The van der Waals surface area contributed by atoms with Crippen molar-refractivity contribution in [3.05, 3.63) is 115 Å². The van der Waals surface area contributed by atoms with Gasteiger partial charge in [0.15, 0.2) is 0 Å². The Morgan fingerprint density at radius 1 is 0.829 bits per heavy atom. The number of anilines is 2. The first-order valence-electron chi connectivity index (χ1n) is 11.1. The largest absolute Gasteiger partial charge is 0.503 e. The van der Waals surface area contributed by atoms with E-state index in [4.69, 9.17) is 9.72 Å². The van der Waals surface area contributed by atoms with Crippen LogP contribution in [0.4, 0.5) is 11.4 Å². The van der Waals surface area contributed by atoms with Crippen LogP contribution < -0.4 is 9.64 Å². The normalized spacial score (nSPS) is 11.7. The Labute approximate surface area is 219 Å². The van der Waals surface area contributed by atoms with Gasteiger partial charge in [0.1, 0.15) is 0 Å². The van der Waals surface area contributed by atoms with Crippen molar-refractivity contribution in [1.82, 2.24) is 14.5 Å². The predicted molar refractivity (Wildman–Crippen MR) is 133 cm³/mol. The van der Waals surface area contributed by atoms with Crippen LogP contribution in [-0.2, 0) is 21.1 Å². The maximum Gasteiger partial charge on any atom is 0.0421 e. The Kier molecular flexibility index (Phi) is 6.19. The maximum atomic E-state index is 6.16. The van der Waals surface area contributed by atoms with Crippen molar-refractivity contribution in [1.29, 1.82) is 0 Å². The van der Waals surface area contributed by atoms with Crippen LogP contribution in [0.25, 0.3) is 22.6 Å². The fourth-order valence-electron chi connectivity index (χ4n) is 4.13. The maximum absolute atomic E-state index is 6.16. The summed E-state index contributed by atoms with van der Waals surface area (Å²) < 4.78 is 8.29. The topological polar surface area (TPSA) is 43.2 Å². The monoisotopic (exact) mass is 636 g/mol. The van der Waals surface area contributed by atoms with Crippen LogP contribution in [0.5, 0.6) is 11.5 Å². The van der Waals surface area contributed by atoms with Crippen molar-refractivity contribution in [3.63, 3.8) is 0 Å². The molecule has 0 bridgehead atoms. The van der Waals surface area contributed by atoms with Gasteiger partial charge in [0.25, 0.3) is 0 Å². The molecule has 0 radical (unpaired) electrons. The molecule has 5 aromatic rings. The van der Waals surface area contributed by atoms with Crippen LogP contribution in [0.2, 0.25) is 0 Å². The number of nitrogens with zero attached hydrogens (tertiary/aromatic N) is 4. The quantitative estimate of drug-likeness (QED) is 0.205. The fraction of sp³-hybridized carbons (Fsp3) is 0.0690. The van der Waals surface area contributed by atoms with Gasteiger partial charge in [0.2, 0.25) is 0 Å². The van der Waals surface area contributed by atoms with Gasteiger partial charge in [0.05, 0.1) is 0 Å². The Morgan fingerprint density at radius 2 is 1.60 bits per heavy atom. The summed E-state index contributed by atoms with van der Waals surface area (Å²) in [5.41, 5.74) is 6.88. The van der Waals surface area contributed by atoms with Gasteiger partial charge in [0, 0.05) is 50.3 Å². The Morgan fingerprint density at radius 3 is 2.43 bits per heavy atom. The molecule has 0 saturated carbocycles. The van der Waals surface area contributed by atoms with Gasteiger partial charge in [-0.3, -0.25) is 0 Å². The smallest absolute Gasteiger partial charge is 0.0421 e. The summed E-state index contributed by atoms with van der Waals surface area (Å²) in [6.45, 7) is 6.19. The summed E-state index contributed by atoms with van der Waals surface area (Å²) in [5.74, 6) is 2.18. The van der Waals surface area contributed by atoms with E-state index >= 15 is 0 Å². The molecule has 6 heteroatoms. The number of pyridine rings is 1. The molecule has 1 aliphatic heterocycles. The second-order valence-electron chi connectivity index (χ2n) is 8.12. The van der Waals surface area contributed by atoms with E-state index in [0.717, 1.165) is 45.4 Å². The number of para-hydroxylation sites is 1. The van der Waals surface area contributed by atoms with Crippen LogP contribution in [-0.4, -0.2) is 14.5 Å². The van der Waals surface area contributed by atoms with Crippen LogP contribution in [0, 0.1) is 32.6 Å². The number of aromatic nitrogens is 3. The van der Waals surface area contributed by atoms with Crippen LogP contribution in [0.15, 0.2) is 85.1 Å². The third kappa shape index (κ3) is 4.24. The SMILES string of the molecule is Cc1nc2n(c1C)[CH-]N(c1[c-]c(Oc3[c-]c(-c4ccccn4)ccc3)ccc1)c1ccccc1-2.[Pt]. The minimum atomic E-state index is 0. The second-order valence-corrected chi connectivity index (χ2v) is 8.12. The summed E-state index contributed by atoms with van der Waals surface area (Å²) in [6, 6.07) is 32.5. The summed E-state index contributed by atoms with van der Waals surface area (Å²) in [6.07, 6.45) is 1.77. The van der Waals surface area contributed by atoms with E-state index in [0.29, 0.717) is 11.5 Å². The molecular formula is C29H21N4OPt-3. The third-order valence-corrected chi connectivity index (χ3v) is 5.96. The van der Waals surface area contributed by atoms with Crippen molar-refractivity contribution in [2.75, 3.05) is 4.90 Å².